The molecule has 1 aliphatic rings. The molecule has 0 spiro atoms. The van der Waals surface area contributed by atoms with Crippen molar-refractivity contribution in [2.24, 2.45) is 0 Å². The summed E-state index contributed by atoms with van der Waals surface area (Å²) in [5.41, 5.74) is 2.62. The number of hydrogen-bond donors (Lipinski definition) is 1. The van der Waals surface area contributed by atoms with E-state index in [-0.39, 0.29) is 5.76 Å². The molecular formula is C5H3ClO. The molecule has 0 heterocycles. The van der Waals surface area contributed by atoms with Crippen LogP contribution in [0.25, 0.3) is 0 Å². The SMILES string of the molecule is OC1=C(Cl)C=C=C1. The first-order chi connectivity index (χ1) is 3.30. The lowest BCUT2D eigenvalue weighted by atomic mass is 10.5. The number of allylic oxidation sites excluding steroid dienone is 2. The van der Waals surface area contributed by atoms with Crippen LogP contribution in [0.2, 0.25) is 0 Å². The number of hydrogen-bond acceptors (Lipinski definition) is 1. The summed E-state index contributed by atoms with van der Waals surface area (Å²) in [7, 11) is 0. The van der Waals surface area contributed by atoms with Crippen LogP contribution in [0.5, 0.6) is 0 Å². The van der Waals surface area contributed by atoms with Crippen molar-refractivity contribution in [3.8, 4) is 0 Å². The van der Waals surface area contributed by atoms with Gasteiger partial charge in [0.2, 0.25) is 0 Å². The molecule has 0 aliphatic heterocycles. The van der Waals surface area contributed by atoms with Gasteiger partial charge in [-0.2, -0.15) is 0 Å². The summed E-state index contributed by atoms with van der Waals surface area (Å²) in [5, 5.41) is 8.96. The highest BCUT2D eigenvalue weighted by atomic mass is 35.5. The first kappa shape index (κ1) is 4.51. The van der Waals surface area contributed by atoms with Crippen LogP contribution in [0.3, 0.4) is 0 Å². The van der Waals surface area contributed by atoms with Crippen molar-refractivity contribution >= 4 is 11.6 Å². The topological polar surface area (TPSA) is 20.2 Å². The second-order valence-electron chi connectivity index (χ2n) is 1.19. The minimum absolute atomic E-state index is 0.0988. The zero-order valence-corrected chi connectivity index (χ0v) is 4.24. The largest absolute Gasteiger partial charge is 0.506 e. The third-order valence-electron chi connectivity index (χ3n) is 0.675. The van der Waals surface area contributed by atoms with Gasteiger partial charge >= 0.3 is 0 Å². The second-order valence-corrected chi connectivity index (χ2v) is 1.60. The van der Waals surface area contributed by atoms with Gasteiger partial charge in [-0.05, 0) is 0 Å². The van der Waals surface area contributed by atoms with E-state index in [4.69, 9.17) is 16.7 Å². The molecule has 1 aliphatic carbocycles. The van der Waals surface area contributed by atoms with Gasteiger partial charge in [0.05, 0.1) is 5.03 Å². The lowest BCUT2D eigenvalue weighted by molar-refractivity contribution is 0.432. The lowest BCUT2D eigenvalue weighted by Crippen LogP contribution is -1.68. The highest BCUT2D eigenvalue weighted by Crippen LogP contribution is 2.12. The Morgan fingerprint density at radius 1 is 1.57 bits per heavy atom. The Morgan fingerprint density at radius 3 is 2.43 bits per heavy atom. The predicted octanol–water partition coefficient (Wildman–Crippen LogP) is 1.72. The minimum Gasteiger partial charge on any atom is -0.506 e. The van der Waals surface area contributed by atoms with Crippen LogP contribution in [0.4, 0.5) is 0 Å². The van der Waals surface area contributed by atoms with Crippen molar-refractivity contribution in [3.05, 3.63) is 28.7 Å². The quantitative estimate of drug-likeness (QED) is 0.476. The third-order valence-corrected chi connectivity index (χ3v) is 0.978. The van der Waals surface area contributed by atoms with Crippen LogP contribution in [-0.4, -0.2) is 5.11 Å². The van der Waals surface area contributed by atoms with Crippen LogP contribution in [0.15, 0.2) is 28.7 Å². The van der Waals surface area contributed by atoms with Gasteiger partial charge in [-0.15, -0.1) is 5.73 Å². The van der Waals surface area contributed by atoms with Gasteiger partial charge in [-0.1, -0.05) is 11.6 Å². The summed E-state index contributed by atoms with van der Waals surface area (Å²) < 4.78 is 0. The van der Waals surface area contributed by atoms with Gasteiger partial charge in [-0.25, -0.2) is 0 Å². The lowest BCUT2D eigenvalue weighted by Gasteiger charge is -1.81. The maximum absolute atomic E-state index is 8.60. The van der Waals surface area contributed by atoms with E-state index in [9.17, 15) is 0 Å². The van der Waals surface area contributed by atoms with E-state index >= 15 is 0 Å². The van der Waals surface area contributed by atoms with Crippen LogP contribution in [0, 0.1) is 0 Å². The summed E-state index contributed by atoms with van der Waals surface area (Å²) >= 11 is 5.34. The van der Waals surface area contributed by atoms with Crippen molar-refractivity contribution < 1.29 is 5.11 Å². The molecule has 0 aromatic rings. The molecule has 0 bridgehead atoms. The Balaban J connectivity index is 2.97. The summed E-state index contributed by atoms with van der Waals surface area (Å²) in [6, 6.07) is 0. The maximum Gasteiger partial charge on any atom is 0.142 e. The molecule has 36 valence electrons. The predicted molar refractivity (Wildman–Crippen MR) is 28.2 cm³/mol. The molecule has 0 fully saturated rings. The number of aliphatic hydroxyl groups excluding tert-OH is 1. The smallest absolute Gasteiger partial charge is 0.142 e. The Hall–Kier alpha value is -0.650. The van der Waals surface area contributed by atoms with Gasteiger partial charge in [0, 0.05) is 12.2 Å². The standard InChI is InChI=1S/C5H3ClO/c6-4-2-1-3-5(4)7/h2-3,7H. The van der Waals surface area contributed by atoms with E-state index in [1.54, 1.807) is 0 Å². The number of rotatable bonds is 0. The van der Waals surface area contributed by atoms with Gasteiger partial charge in [0.15, 0.2) is 0 Å². The van der Waals surface area contributed by atoms with E-state index in [2.05, 4.69) is 5.73 Å². The molecule has 0 atom stereocenters. The van der Waals surface area contributed by atoms with Crippen LogP contribution < -0.4 is 0 Å². The van der Waals surface area contributed by atoms with E-state index in [1.807, 2.05) is 0 Å². The fourth-order valence-electron chi connectivity index (χ4n) is 0.337. The highest BCUT2D eigenvalue weighted by Gasteiger charge is 1.96. The summed E-state index contributed by atoms with van der Waals surface area (Å²) in [6.45, 7) is 0. The first-order valence-electron chi connectivity index (χ1n) is 1.82. The summed E-state index contributed by atoms with van der Waals surface area (Å²) in [4.78, 5) is 0. The molecule has 0 saturated heterocycles. The van der Waals surface area contributed by atoms with Crippen molar-refractivity contribution in [2.45, 2.75) is 0 Å². The Labute approximate surface area is 46.2 Å². The molecule has 0 radical (unpaired) electrons. The molecule has 1 N–H and O–H groups in total. The summed E-state index contributed by atoms with van der Waals surface area (Å²) in [5.74, 6) is 0.0988. The van der Waals surface area contributed by atoms with Crippen molar-refractivity contribution in [3.63, 3.8) is 0 Å². The van der Waals surface area contributed by atoms with Crippen LogP contribution >= 0.6 is 11.6 Å². The fourth-order valence-corrected chi connectivity index (χ4v) is 0.454. The molecule has 2 heteroatoms. The fraction of sp³-hybridized carbons (Fsp3) is 0. The number of aliphatic hydroxyl groups is 1. The average Bonchev–Trinajstić information content (AvgIpc) is 1.91. The van der Waals surface area contributed by atoms with E-state index in [0.717, 1.165) is 0 Å². The second kappa shape index (κ2) is 1.45. The van der Waals surface area contributed by atoms with Gasteiger partial charge in [0.1, 0.15) is 5.76 Å². The summed E-state index contributed by atoms with van der Waals surface area (Å²) in [6.07, 6.45) is 2.93. The molecule has 0 aromatic carbocycles. The van der Waals surface area contributed by atoms with Crippen molar-refractivity contribution in [1.82, 2.24) is 0 Å². The highest BCUT2D eigenvalue weighted by molar-refractivity contribution is 6.31. The molecule has 0 amide bonds. The molecule has 0 saturated carbocycles. The van der Waals surface area contributed by atoms with E-state index in [0.29, 0.717) is 5.03 Å². The Kier molecular flexibility index (Phi) is 0.935. The van der Waals surface area contributed by atoms with Crippen LogP contribution in [-0.2, 0) is 0 Å². The van der Waals surface area contributed by atoms with Crippen molar-refractivity contribution in [1.29, 1.82) is 0 Å². The van der Waals surface area contributed by atoms with Gasteiger partial charge in [0.25, 0.3) is 0 Å². The molecule has 1 rings (SSSR count). The third kappa shape index (κ3) is 0.687. The molecule has 7 heavy (non-hydrogen) atoms. The Morgan fingerprint density at radius 2 is 2.29 bits per heavy atom. The normalized spacial score (nSPS) is 16.7. The maximum atomic E-state index is 8.60. The molecule has 0 aromatic heterocycles. The van der Waals surface area contributed by atoms with Gasteiger partial charge < -0.3 is 5.11 Å². The monoisotopic (exact) mass is 114 g/mol. The van der Waals surface area contributed by atoms with E-state index < -0.39 is 0 Å². The molecule has 0 unspecified atom stereocenters. The van der Waals surface area contributed by atoms with E-state index in [1.165, 1.54) is 12.2 Å². The zero-order valence-electron chi connectivity index (χ0n) is 3.48. The average molecular weight is 115 g/mol. The Bertz CT molecular complexity index is 157. The minimum atomic E-state index is 0.0988. The van der Waals surface area contributed by atoms with Crippen molar-refractivity contribution in [2.75, 3.05) is 0 Å². The molecule has 1 nitrogen and oxygen atoms in total. The zero-order chi connectivity index (χ0) is 5.28. The first-order valence-corrected chi connectivity index (χ1v) is 2.20. The molecular weight excluding hydrogens is 112 g/mol. The number of halogens is 1. The van der Waals surface area contributed by atoms with Gasteiger partial charge in [-0.3, -0.25) is 0 Å². The van der Waals surface area contributed by atoms with Crippen LogP contribution in [0.1, 0.15) is 0 Å².